The Kier molecular flexibility index (Phi) is 4.50. The van der Waals surface area contributed by atoms with Gasteiger partial charge in [0.1, 0.15) is 11.5 Å². The number of nitrogens with zero attached hydrogens (tertiary/aromatic N) is 2. The molecule has 7 nitrogen and oxygen atoms in total. The zero-order valence-corrected chi connectivity index (χ0v) is 13.6. The normalized spacial score (nSPS) is 17.2. The fourth-order valence-corrected chi connectivity index (χ4v) is 2.69. The van der Waals surface area contributed by atoms with Crippen molar-refractivity contribution < 1.29 is 18.7 Å². The molecule has 1 aromatic carbocycles. The number of carbonyl (C=O) groups is 2. The molecule has 2 aromatic rings. The Morgan fingerprint density at radius 2 is 2.17 bits per heavy atom. The molecule has 1 aliphatic rings. The average molecular weight is 329 g/mol. The fourth-order valence-electron chi connectivity index (χ4n) is 2.69. The topological polar surface area (TPSA) is 84.7 Å². The second-order valence-electron chi connectivity index (χ2n) is 5.69. The number of hydrogen-bond donors (Lipinski definition) is 1. The van der Waals surface area contributed by atoms with Gasteiger partial charge in [0, 0.05) is 18.7 Å². The molecule has 3 rings (SSSR count). The van der Waals surface area contributed by atoms with Crippen LogP contribution in [0.2, 0.25) is 0 Å². The van der Waals surface area contributed by atoms with Crippen LogP contribution in [-0.4, -0.2) is 30.5 Å². The minimum absolute atomic E-state index is 0.0627. The third kappa shape index (κ3) is 3.40. The molecule has 126 valence electrons. The minimum Gasteiger partial charge on any atom is -0.497 e. The Bertz CT molecular complexity index is 739. The highest BCUT2D eigenvalue weighted by molar-refractivity contribution is 6.00. The lowest BCUT2D eigenvalue weighted by Gasteiger charge is -2.17. The summed E-state index contributed by atoms with van der Waals surface area (Å²) in [6.45, 7) is 2.38. The summed E-state index contributed by atoms with van der Waals surface area (Å²) in [6, 6.07) is 7.21. The van der Waals surface area contributed by atoms with Crippen molar-refractivity contribution in [2.24, 2.45) is 5.92 Å². The summed E-state index contributed by atoms with van der Waals surface area (Å²) in [6.07, 6.45) is 1.80. The molecule has 2 heterocycles. The van der Waals surface area contributed by atoms with Crippen LogP contribution in [0.5, 0.6) is 5.75 Å². The summed E-state index contributed by atoms with van der Waals surface area (Å²) in [5.74, 6) is 1.26. The second kappa shape index (κ2) is 6.74. The summed E-state index contributed by atoms with van der Waals surface area (Å²) in [5, 5.41) is 2.77. The van der Waals surface area contributed by atoms with Crippen molar-refractivity contribution in [2.45, 2.75) is 19.9 Å². The Labute approximate surface area is 139 Å². The molecule has 0 saturated carbocycles. The third-order valence-corrected chi connectivity index (χ3v) is 3.96. The van der Waals surface area contributed by atoms with Crippen molar-refractivity contribution >= 4 is 17.5 Å². The van der Waals surface area contributed by atoms with E-state index in [1.54, 1.807) is 37.3 Å². The third-order valence-electron chi connectivity index (χ3n) is 3.96. The lowest BCUT2D eigenvalue weighted by atomic mass is 10.1. The van der Waals surface area contributed by atoms with Gasteiger partial charge in [0.15, 0.2) is 0 Å². The number of rotatable bonds is 5. The van der Waals surface area contributed by atoms with Gasteiger partial charge in [0.2, 0.25) is 17.7 Å². The van der Waals surface area contributed by atoms with Gasteiger partial charge < -0.3 is 19.4 Å². The number of methoxy groups -OCH3 is 1. The first-order chi connectivity index (χ1) is 11.6. The van der Waals surface area contributed by atoms with Crippen LogP contribution in [0.15, 0.2) is 34.9 Å². The number of nitrogens with one attached hydrogen (secondary N) is 1. The van der Waals surface area contributed by atoms with Gasteiger partial charge in [-0.2, -0.15) is 0 Å². The van der Waals surface area contributed by atoms with Gasteiger partial charge in [-0.05, 0) is 31.2 Å². The molecular weight excluding hydrogens is 310 g/mol. The SMILES string of the molecule is COc1ccc(N2CC(C(=O)NCc3ncc(C)o3)CC2=O)cc1. The zero-order valence-electron chi connectivity index (χ0n) is 13.6. The first kappa shape index (κ1) is 16.0. The van der Waals surface area contributed by atoms with Crippen molar-refractivity contribution in [3.63, 3.8) is 0 Å². The molecule has 1 fully saturated rings. The molecule has 1 saturated heterocycles. The van der Waals surface area contributed by atoms with E-state index in [2.05, 4.69) is 10.3 Å². The second-order valence-corrected chi connectivity index (χ2v) is 5.69. The van der Waals surface area contributed by atoms with Crippen LogP contribution in [0, 0.1) is 12.8 Å². The van der Waals surface area contributed by atoms with Crippen LogP contribution in [0.1, 0.15) is 18.1 Å². The Morgan fingerprint density at radius 3 is 2.79 bits per heavy atom. The number of oxazole rings is 1. The van der Waals surface area contributed by atoms with Gasteiger partial charge in [0.05, 0.1) is 25.8 Å². The largest absolute Gasteiger partial charge is 0.497 e. The van der Waals surface area contributed by atoms with Crippen molar-refractivity contribution in [2.75, 3.05) is 18.6 Å². The van der Waals surface area contributed by atoms with Crippen LogP contribution >= 0.6 is 0 Å². The van der Waals surface area contributed by atoms with Gasteiger partial charge in [0.25, 0.3) is 0 Å². The maximum Gasteiger partial charge on any atom is 0.227 e. The number of ether oxygens (including phenoxy) is 1. The molecule has 1 aliphatic heterocycles. The van der Waals surface area contributed by atoms with Gasteiger partial charge in [-0.3, -0.25) is 9.59 Å². The molecule has 0 bridgehead atoms. The molecule has 0 aliphatic carbocycles. The number of carbonyl (C=O) groups excluding carboxylic acids is 2. The van der Waals surface area contributed by atoms with Gasteiger partial charge in [-0.25, -0.2) is 4.98 Å². The van der Waals surface area contributed by atoms with Crippen LogP contribution in [0.3, 0.4) is 0 Å². The smallest absolute Gasteiger partial charge is 0.227 e. The predicted octanol–water partition coefficient (Wildman–Crippen LogP) is 1.66. The van der Waals surface area contributed by atoms with E-state index in [0.29, 0.717) is 18.2 Å². The van der Waals surface area contributed by atoms with E-state index in [1.165, 1.54) is 0 Å². The van der Waals surface area contributed by atoms with E-state index in [0.717, 1.165) is 11.4 Å². The Balaban J connectivity index is 1.59. The number of amides is 2. The number of anilines is 1. The van der Waals surface area contributed by atoms with E-state index in [1.807, 2.05) is 12.1 Å². The molecule has 0 spiro atoms. The van der Waals surface area contributed by atoms with Crippen LogP contribution < -0.4 is 15.0 Å². The summed E-state index contributed by atoms with van der Waals surface area (Å²) < 4.78 is 10.4. The lowest BCUT2D eigenvalue weighted by molar-refractivity contribution is -0.126. The van der Waals surface area contributed by atoms with Crippen LogP contribution in [-0.2, 0) is 16.1 Å². The summed E-state index contributed by atoms with van der Waals surface area (Å²) in [5.41, 5.74) is 0.763. The molecule has 0 radical (unpaired) electrons. The van der Waals surface area contributed by atoms with E-state index in [-0.39, 0.29) is 30.7 Å². The van der Waals surface area contributed by atoms with Crippen molar-refractivity contribution in [1.29, 1.82) is 0 Å². The van der Waals surface area contributed by atoms with Crippen molar-refractivity contribution in [1.82, 2.24) is 10.3 Å². The molecule has 1 N–H and O–H groups in total. The van der Waals surface area contributed by atoms with Crippen molar-refractivity contribution in [3.8, 4) is 5.75 Å². The highest BCUT2D eigenvalue weighted by atomic mass is 16.5. The standard InChI is InChI=1S/C17H19N3O4/c1-11-8-18-15(24-11)9-19-17(22)12-7-16(21)20(10-12)13-3-5-14(23-2)6-4-13/h3-6,8,12H,7,9-10H2,1-2H3,(H,19,22). The quantitative estimate of drug-likeness (QED) is 0.902. The van der Waals surface area contributed by atoms with E-state index < -0.39 is 0 Å². The zero-order chi connectivity index (χ0) is 17.1. The number of aryl methyl sites for hydroxylation is 1. The highest BCUT2D eigenvalue weighted by Crippen LogP contribution is 2.26. The molecule has 2 amide bonds. The molecule has 1 aromatic heterocycles. The summed E-state index contributed by atoms with van der Waals surface area (Å²) in [4.78, 5) is 30.1. The number of hydrogen-bond acceptors (Lipinski definition) is 5. The molecular formula is C17H19N3O4. The summed E-state index contributed by atoms with van der Waals surface area (Å²) >= 11 is 0. The number of benzene rings is 1. The lowest BCUT2D eigenvalue weighted by Crippen LogP contribution is -2.32. The Morgan fingerprint density at radius 1 is 1.42 bits per heavy atom. The molecule has 1 unspecified atom stereocenters. The van der Waals surface area contributed by atoms with E-state index in [4.69, 9.17) is 9.15 Å². The first-order valence-corrected chi connectivity index (χ1v) is 7.70. The highest BCUT2D eigenvalue weighted by Gasteiger charge is 2.35. The van der Waals surface area contributed by atoms with Crippen LogP contribution in [0.25, 0.3) is 0 Å². The Hall–Kier alpha value is -2.83. The van der Waals surface area contributed by atoms with E-state index in [9.17, 15) is 9.59 Å². The van der Waals surface area contributed by atoms with Gasteiger partial charge in [-0.15, -0.1) is 0 Å². The minimum atomic E-state index is -0.379. The summed E-state index contributed by atoms with van der Waals surface area (Å²) in [7, 11) is 1.59. The number of aromatic nitrogens is 1. The van der Waals surface area contributed by atoms with Gasteiger partial charge >= 0.3 is 0 Å². The predicted molar refractivity (Wildman–Crippen MR) is 86.5 cm³/mol. The van der Waals surface area contributed by atoms with E-state index >= 15 is 0 Å². The molecule has 24 heavy (non-hydrogen) atoms. The first-order valence-electron chi connectivity index (χ1n) is 7.70. The van der Waals surface area contributed by atoms with Crippen molar-refractivity contribution in [3.05, 3.63) is 42.1 Å². The van der Waals surface area contributed by atoms with Crippen LogP contribution in [0.4, 0.5) is 5.69 Å². The maximum atomic E-state index is 12.3. The monoisotopic (exact) mass is 329 g/mol. The maximum absolute atomic E-state index is 12.3. The molecule has 7 heteroatoms. The molecule has 1 atom stereocenters. The average Bonchev–Trinajstić information content (AvgIpc) is 3.18. The van der Waals surface area contributed by atoms with Gasteiger partial charge in [-0.1, -0.05) is 0 Å². The fraction of sp³-hybridized carbons (Fsp3) is 0.353.